The summed E-state index contributed by atoms with van der Waals surface area (Å²) in [6.45, 7) is 9.70. The summed E-state index contributed by atoms with van der Waals surface area (Å²) in [5.74, 6) is 4.21. The van der Waals surface area contributed by atoms with Crippen LogP contribution in [0.1, 0.15) is 120 Å². The van der Waals surface area contributed by atoms with Crippen molar-refractivity contribution in [3.8, 4) is 22.3 Å². The molecule has 0 aromatic heterocycles. The zero-order valence-corrected chi connectivity index (χ0v) is 42.9. The number of hydrogen-bond donors (Lipinski definition) is 0. The molecule has 2 heteroatoms. The van der Waals surface area contributed by atoms with Gasteiger partial charge in [-0.1, -0.05) is 155 Å². The molecular weight excluding hydrogens is 869 g/mol. The first-order chi connectivity index (χ1) is 35.2. The summed E-state index contributed by atoms with van der Waals surface area (Å²) >= 11 is 0. The minimum absolute atomic E-state index is 0.0725. The molecule has 6 aliphatic carbocycles. The molecule has 4 bridgehead atoms. The molecule has 2 nitrogen and oxygen atoms in total. The Bertz CT molecular complexity index is 3120. The molecule has 360 valence electrons. The van der Waals surface area contributed by atoms with Gasteiger partial charge in [-0.25, -0.2) is 0 Å². The first kappa shape index (κ1) is 45.2. The second-order valence-corrected chi connectivity index (χ2v) is 23.8. The Hall–Kier alpha value is -6.64. The van der Waals surface area contributed by atoms with E-state index < -0.39 is 0 Å². The normalized spacial score (nSPS) is 24.5. The van der Waals surface area contributed by atoms with Gasteiger partial charge in [-0.05, 0) is 222 Å². The molecule has 8 aromatic carbocycles. The van der Waals surface area contributed by atoms with Crippen LogP contribution in [0.3, 0.4) is 0 Å². The minimum Gasteiger partial charge on any atom is -0.311 e. The average molecular weight is 939 g/mol. The molecule has 5 fully saturated rings. The van der Waals surface area contributed by atoms with Crippen LogP contribution in [0.2, 0.25) is 0 Å². The van der Waals surface area contributed by atoms with Gasteiger partial charge in [-0.15, -0.1) is 0 Å². The van der Waals surface area contributed by atoms with Crippen molar-refractivity contribution in [2.24, 2.45) is 29.6 Å². The van der Waals surface area contributed by atoms with Gasteiger partial charge in [0.1, 0.15) is 0 Å². The number of fused-ring (bicyclic) bond motifs is 3. The maximum absolute atomic E-state index is 2.56. The summed E-state index contributed by atoms with van der Waals surface area (Å²) in [6, 6.07) is 76.3. The van der Waals surface area contributed by atoms with Crippen molar-refractivity contribution in [1.82, 2.24) is 0 Å². The summed E-state index contributed by atoms with van der Waals surface area (Å²) < 4.78 is 0. The zero-order chi connectivity index (χ0) is 48.6. The highest BCUT2D eigenvalue weighted by Crippen LogP contribution is 2.61. The average Bonchev–Trinajstić information content (AvgIpc) is 3.65. The third-order valence-electron chi connectivity index (χ3n) is 19.0. The fourth-order valence-electron chi connectivity index (χ4n) is 15.7. The Morgan fingerprint density at radius 3 is 1.36 bits per heavy atom. The maximum atomic E-state index is 2.56. The molecule has 8 aromatic rings. The van der Waals surface area contributed by atoms with E-state index in [1.165, 1.54) is 130 Å². The fraction of sp³-hybridized carbons (Fsp3) is 0.314. The Morgan fingerprint density at radius 2 is 0.861 bits per heavy atom. The van der Waals surface area contributed by atoms with Crippen LogP contribution >= 0.6 is 0 Å². The lowest BCUT2D eigenvalue weighted by Crippen LogP contribution is -2.48. The molecule has 0 saturated heterocycles. The third-order valence-corrected chi connectivity index (χ3v) is 19.0. The van der Waals surface area contributed by atoms with Gasteiger partial charge in [0.25, 0.3) is 0 Å². The van der Waals surface area contributed by atoms with Gasteiger partial charge in [0.15, 0.2) is 0 Å². The highest BCUT2D eigenvalue weighted by atomic mass is 15.1. The SMILES string of the molecule is CC(C)C1CCC(c2ccc(N(c3ccccc3)c3ccccc3)cc2)(c2ccc(N(c3ccc(C45CC6CC(CC(C6)C4)C5)cc3)c3ccc4c(c3)C(C)(C)c3cccc(-c5ccccc5)c3-4)cc2)CC1. The van der Waals surface area contributed by atoms with E-state index in [0.717, 1.165) is 36.5 Å². The van der Waals surface area contributed by atoms with Crippen LogP contribution in [-0.4, -0.2) is 0 Å². The topological polar surface area (TPSA) is 6.48 Å². The van der Waals surface area contributed by atoms with Crippen LogP contribution in [0, 0.1) is 29.6 Å². The lowest BCUT2D eigenvalue weighted by molar-refractivity contribution is -0.00518. The number of rotatable bonds is 11. The lowest BCUT2D eigenvalue weighted by atomic mass is 9.48. The van der Waals surface area contributed by atoms with Crippen molar-refractivity contribution in [2.75, 3.05) is 9.80 Å². The van der Waals surface area contributed by atoms with Crippen molar-refractivity contribution in [1.29, 1.82) is 0 Å². The number of benzene rings is 8. The van der Waals surface area contributed by atoms with Crippen LogP contribution in [0.5, 0.6) is 0 Å². The molecule has 0 heterocycles. The third kappa shape index (κ3) is 7.66. The quantitative estimate of drug-likeness (QED) is 0.127. The Morgan fingerprint density at radius 1 is 0.417 bits per heavy atom. The first-order valence-corrected chi connectivity index (χ1v) is 27.5. The largest absolute Gasteiger partial charge is 0.311 e. The van der Waals surface area contributed by atoms with E-state index in [0.29, 0.717) is 11.3 Å². The first-order valence-electron chi connectivity index (χ1n) is 27.5. The highest BCUT2D eigenvalue weighted by Gasteiger charge is 2.51. The molecule has 0 spiro atoms. The molecule has 14 rings (SSSR count). The van der Waals surface area contributed by atoms with Gasteiger partial charge >= 0.3 is 0 Å². The Balaban J connectivity index is 0.897. The van der Waals surface area contributed by atoms with Gasteiger partial charge in [0, 0.05) is 45.0 Å². The molecule has 0 atom stereocenters. The molecule has 0 aliphatic heterocycles. The summed E-state index contributed by atoms with van der Waals surface area (Å²) in [6.07, 6.45) is 13.3. The molecule has 6 aliphatic rings. The van der Waals surface area contributed by atoms with Gasteiger partial charge < -0.3 is 9.80 Å². The van der Waals surface area contributed by atoms with Crippen molar-refractivity contribution in [2.45, 2.75) is 108 Å². The van der Waals surface area contributed by atoms with Gasteiger partial charge in [0.2, 0.25) is 0 Å². The number of hydrogen-bond acceptors (Lipinski definition) is 2. The highest BCUT2D eigenvalue weighted by molar-refractivity contribution is 5.94. The number of para-hydroxylation sites is 2. The van der Waals surface area contributed by atoms with Crippen LogP contribution in [0.15, 0.2) is 200 Å². The Labute approximate surface area is 429 Å². The van der Waals surface area contributed by atoms with E-state index >= 15 is 0 Å². The Kier molecular flexibility index (Phi) is 11.2. The standard InChI is InChI=1S/C70H70N2/c1-48(2)52-37-39-70(40-38-52,55-25-31-59(32-26-55)71(57-17-10-6-11-18-57)58-19-12-7-13-20-58)56-27-33-61(34-28-56)72(60-29-23-54(24-30-60)69-45-49-41-50(46-69)43-51(42-49)47-69)62-35-36-64-66(44-62)68(3,4)65-22-14-21-63(67(64)65)53-15-8-5-9-16-53/h5-36,44,48-52H,37-43,45-47H2,1-4H3. The summed E-state index contributed by atoms with van der Waals surface area (Å²) in [4.78, 5) is 4.94. The van der Waals surface area contributed by atoms with E-state index in [-0.39, 0.29) is 10.8 Å². The van der Waals surface area contributed by atoms with E-state index in [9.17, 15) is 0 Å². The van der Waals surface area contributed by atoms with Crippen LogP contribution in [-0.2, 0) is 16.2 Å². The number of nitrogens with zero attached hydrogens (tertiary/aromatic N) is 2. The van der Waals surface area contributed by atoms with E-state index in [1.54, 1.807) is 5.56 Å². The number of anilines is 6. The van der Waals surface area contributed by atoms with E-state index in [1.807, 2.05) is 0 Å². The van der Waals surface area contributed by atoms with Crippen LogP contribution < -0.4 is 9.80 Å². The molecule has 5 saturated carbocycles. The molecule has 0 unspecified atom stereocenters. The summed E-state index contributed by atoms with van der Waals surface area (Å²) in [7, 11) is 0. The zero-order valence-electron chi connectivity index (χ0n) is 42.9. The maximum Gasteiger partial charge on any atom is 0.0465 e. The molecule has 0 radical (unpaired) electrons. The predicted octanol–water partition coefficient (Wildman–Crippen LogP) is 19.2. The summed E-state index contributed by atoms with van der Waals surface area (Å²) in [5, 5.41) is 0. The second kappa shape index (κ2) is 17.8. The van der Waals surface area contributed by atoms with Gasteiger partial charge in [-0.3, -0.25) is 0 Å². The van der Waals surface area contributed by atoms with Gasteiger partial charge in [-0.2, -0.15) is 0 Å². The van der Waals surface area contributed by atoms with Gasteiger partial charge in [0.05, 0.1) is 0 Å². The molecule has 0 N–H and O–H groups in total. The van der Waals surface area contributed by atoms with Crippen molar-refractivity contribution in [3.05, 3.63) is 228 Å². The molecule has 0 amide bonds. The smallest absolute Gasteiger partial charge is 0.0465 e. The van der Waals surface area contributed by atoms with E-state index in [2.05, 4.69) is 238 Å². The lowest BCUT2D eigenvalue weighted by Gasteiger charge is -2.57. The molecule has 72 heavy (non-hydrogen) atoms. The van der Waals surface area contributed by atoms with Crippen molar-refractivity contribution < 1.29 is 0 Å². The van der Waals surface area contributed by atoms with E-state index in [4.69, 9.17) is 0 Å². The van der Waals surface area contributed by atoms with Crippen molar-refractivity contribution in [3.63, 3.8) is 0 Å². The monoisotopic (exact) mass is 939 g/mol. The second-order valence-electron chi connectivity index (χ2n) is 23.8. The molecular formula is C70H70N2. The van der Waals surface area contributed by atoms with Crippen molar-refractivity contribution >= 4 is 34.1 Å². The van der Waals surface area contributed by atoms with Crippen LogP contribution in [0.4, 0.5) is 34.1 Å². The fourth-order valence-corrected chi connectivity index (χ4v) is 15.7. The summed E-state index contributed by atoms with van der Waals surface area (Å²) in [5.41, 5.74) is 19.9. The van der Waals surface area contributed by atoms with Crippen LogP contribution in [0.25, 0.3) is 22.3 Å². The minimum atomic E-state index is -0.153. The predicted molar refractivity (Wildman–Crippen MR) is 303 cm³/mol.